The van der Waals surface area contributed by atoms with Gasteiger partial charge >= 0.3 is 0 Å². The summed E-state index contributed by atoms with van der Waals surface area (Å²) in [5, 5.41) is 6.05. The molecule has 0 aliphatic heterocycles. The average molecular weight is 318 g/mol. The van der Waals surface area contributed by atoms with Gasteiger partial charge in [0.05, 0.1) is 6.54 Å². The highest BCUT2D eigenvalue weighted by Crippen LogP contribution is 2.16. The molecule has 0 heterocycles. The van der Waals surface area contributed by atoms with Crippen LogP contribution in [-0.2, 0) is 4.79 Å². The fourth-order valence-corrected chi connectivity index (χ4v) is 2.10. The molecule has 0 radical (unpaired) electrons. The van der Waals surface area contributed by atoms with E-state index in [1.54, 1.807) is 0 Å². The molecule has 0 unspecified atom stereocenters. The van der Waals surface area contributed by atoms with Gasteiger partial charge in [0.2, 0.25) is 5.91 Å². The van der Waals surface area contributed by atoms with E-state index in [1.165, 1.54) is 25.7 Å². The van der Waals surface area contributed by atoms with Crippen LogP contribution in [0.2, 0.25) is 0 Å². The van der Waals surface area contributed by atoms with E-state index in [0.29, 0.717) is 13.2 Å². The molecule has 0 spiro atoms. The summed E-state index contributed by atoms with van der Waals surface area (Å²) in [5.41, 5.74) is 1.76. The standard InChI is InChI=1S/C19H30N2O2/c1-4-5-6-7-8-13-20-14-19(22)21-17-9-11-18(12-10-17)23-15-16(2)3/h9-12,20H,2,4-8,13-15H2,1,3H3,(H,21,22). The minimum absolute atomic E-state index is 0.0193. The van der Waals surface area contributed by atoms with Crippen LogP contribution in [-0.4, -0.2) is 25.6 Å². The lowest BCUT2D eigenvalue weighted by Gasteiger charge is -2.09. The van der Waals surface area contributed by atoms with Gasteiger partial charge in [0.15, 0.2) is 0 Å². The number of unbranched alkanes of at least 4 members (excludes halogenated alkanes) is 4. The fraction of sp³-hybridized carbons (Fsp3) is 0.526. The quantitative estimate of drug-likeness (QED) is 0.450. The number of nitrogens with one attached hydrogen (secondary N) is 2. The van der Waals surface area contributed by atoms with Gasteiger partial charge in [-0.15, -0.1) is 0 Å². The minimum atomic E-state index is -0.0193. The molecular weight excluding hydrogens is 288 g/mol. The maximum atomic E-state index is 11.8. The molecule has 1 aromatic carbocycles. The molecule has 0 fully saturated rings. The number of anilines is 1. The van der Waals surface area contributed by atoms with Crippen LogP contribution < -0.4 is 15.4 Å². The first-order valence-electron chi connectivity index (χ1n) is 8.49. The van der Waals surface area contributed by atoms with Gasteiger partial charge in [-0.2, -0.15) is 0 Å². The van der Waals surface area contributed by atoms with Crippen LogP contribution in [0, 0.1) is 0 Å². The zero-order valence-electron chi connectivity index (χ0n) is 14.5. The first kappa shape index (κ1) is 19.2. The second kappa shape index (κ2) is 11.7. The molecule has 128 valence electrons. The Morgan fingerprint density at radius 1 is 1.13 bits per heavy atom. The van der Waals surface area contributed by atoms with Gasteiger partial charge in [-0.05, 0) is 49.7 Å². The highest BCUT2D eigenvalue weighted by Gasteiger charge is 2.02. The predicted molar refractivity (Wildman–Crippen MR) is 97.0 cm³/mol. The van der Waals surface area contributed by atoms with E-state index in [-0.39, 0.29) is 5.91 Å². The molecule has 4 nitrogen and oxygen atoms in total. The van der Waals surface area contributed by atoms with Gasteiger partial charge in [0.1, 0.15) is 12.4 Å². The van der Waals surface area contributed by atoms with Crippen molar-refractivity contribution in [3.05, 3.63) is 36.4 Å². The van der Waals surface area contributed by atoms with E-state index >= 15 is 0 Å². The van der Waals surface area contributed by atoms with Crippen molar-refractivity contribution in [1.29, 1.82) is 0 Å². The van der Waals surface area contributed by atoms with Crippen LogP contribution >= 0.6 is 0 Å². The van der Waals surface area contributed by atoms with E-state index in [9.17, 15) is 4.79 Å². The van der Waals surface area contributed by atoms with Crippen LogP contribution in [0.15, 0.2) is 36.4 Å². The summed E-state index contributed by atoms with van der Waals surface area (Å²) in [5.74, 6) is 0.755. The van der Waals surface area contributed by atoms with Crippen LogP contribution in [0.1, 0.15) is 46.0 Å². The number of hydrogen-bond acceptors (Lipinski definition) is 3. The smallest absolute Gasteiger partial charge is 0.238 e. The summed E-state index contributed by atoms with van der Waals surface area (Å²) < 4.78 is 5.52. The Bertz CT molecular complexity index is 469. The second-order valence-corrected chi connectivity index (χ2v) is 5.91. The van der Waals surface area contributed by atoms with Crippen molar-refractivity contribution in [3.8, 4) is 5.75 Å². The topological polar surface area (TPSA) is 50.4 Å². The third-order valence-electron chi connectivity index (χ3n) is 3.37. The maximum Gasteiger partial charge on any atom is 0.238 e. The third-order valence-corrected chi connectivity index (χ3v) is 3.37. The normalized spacial score (nSPS) is 10.3. The summed E-state index contributed by atoms with van der Waals surface area (Å²) in [4.78, 5) is 11.8. The lowest BCUT2D eigenvalue weighted by atomic mass is 10.1. The van der Waals surface area contributed by atoms with Gasteiger partial charge < -0.3 is 15.4 Å². The molecule has 4 heteroatoms. The Kier molecular flexibility index (Phi) is 9.80. The molecule has 0 saturated heterocycles. The van der Waals surface area contributed by atoms with Crippen molar-refractivity contribution in [2.45, 2.75) is 46.0 Å². The third kappa shape index (κ3) is 9.74. The second-order valence-electron chi connectivity index (χ2n) is 5.91. The maximum absolute atomic E-state index is 11.8. The van der Waals surface area contributed by atoms with E-state index in [4.69, 9.17) is 4.74 Å². The Hall–Kier alpha value is -1.81. The van der Waals surface area contributed by atoms with Crippen molar-refractivity contribution in [3.63, 3.8) is 0 Å². The van der Waals surface area contributed by atoms with Crippen LogP contribution in [0.5, 0.6) is 5.75 Å². The molecule has 0 aromatic heterocycles. The monoisotopic (exact) mass is 318 g/mol. The molecule has 1 rings (SSSR count). The fourth-order valence-electron chi connectivity index (χ4n) is 2.10. The van der Waals surface area contributed by atoms with E-state index in [0.717, 1.165) is 30.0 Å². The molecular formula is C19H30N2O2. The summed E-state index contributed by atoms with van der Waals surface area (Å²) in [6.45, 7) is 9.68. The van der Waals surface area contributed by atoms with Gasteiger partial charge in [0, 0.05) is 5.69 Å². The highest BCUT2D eigenvalue weighted by atomic mass is 16.5. The lowest BCUT2D eigenvalue weighted by molar-refractivity contribution is -0.115. The molecule has 1 amide bonds. The molecule has 2 N–H and O–H groups in total. The summed E-state index contributed by atoms with van der Waals surface area (Å²) >= 11 is 0. The summed E-state index contributed by atoms with van der Waals surface area (Å²) in [6, 6.07) is 7.38. The Morgan fingerprint density at radius 2 is 1.83 bits per heavy atom. The number of ether oxygens (including phenoxy) is 1. The summed E-state index contributed by atoms with van der Waals surface area (Å²) in [7, 11) is 0. The van der Waals surface area contributed by atoms with Gasteiger partial charge in [-0.1, -0.05) is 39.2 Å². The first-order valence-corrected chi connectivity index (χ1v) is 8.49. The van der Waals surface area contributed by atoms with Crippen LogP contribution in [0.3, 0.4) is 0 Å². The van der Waals surface area contributed by atoms with Gasteiger partial charge in [-0.3, -0.25) is 4.79 Å². The predicted octanol–water partition coefficient (Wildman–Crippen LogP) is 4.14. The van der Waals surface area contributed by atoms with Crippen molar-refractivity contribution in [2.24, 2.45) is 0 Å². The molecule has 0 aliphatic rings. The van der Waals surface area contributed by atoms with E-state index in [2.05, 4.69) is 24.1 Å². The largest absolute Gasteiger partial charge is 0.489 e. The summed E-state index contributed by atoms with van der Waals surface area (Å²) in [6.07, 6.45) is 6.19. The number of amides is 1. The zero-order chi connectivity index (χ0) is 16.9. The zero-order valence-corrected chi connectivity index (χ0v) is 14.5. The van der Waals surface area contributed by atoms with Crippen molar-refractivity contribution >= 4 is 11.6 Å². The van der Waals surface area contributed by atoms with E-state index < -0.39 is 0 Å². The highest BCUT2D eigenvalue weighted by molar-refractivity contribution is 5.92. The molecule has 1 aromatic rings. The molecule has 0 saturated carbocycles. The van der Waals surface area contributed by atoms with Crippen LogP contribution in [0.4, 0.5) is 5.69 Å². The Labute approximate surface area is 140 Å². The molecule has 0 bridgehead atoms. The van der Waals surface area contributed by atoms with E-state index in [1.807, 2.05) is 31.2 Å². The van der Waals surface area contributed by atoms with Crippen molar-refractivity contribution in [1.82, 2.24) is 5.32 Å². The van der Waals surface area contributed by atoms with Gasteiger partial charge in [0.25, 0.3) is 0 Å². The molecule has 0 atom stereocenters. The Balaban J connectivity index is 2.17. The number of carbonyl (C=O) groups excluding carboxylic acids is 1. The number of carbonyl (C=O) groups is 1. The Morgan fingerprint density at radius 3 is 2.48 bits per heavy atom. The van der Waals surface area contributed by atoms with Crippen LogP contribution in [0.25, 0.3) is 0 Å². The minimum Gasteiger partial charge on any atom is -0.489 e. The number of hydrogen-bond donors (Lipinski definition) is 2. The number of rotatable bonds is 12. The molecule has 23 heavy (non-hydrogen) atoms. The lowest BCUT2D eigenvalue weighted by Crippen LogP contribution is -2.28. The SMILES string of the molecule is C=C(C)COc1ccc(NC(=O)CNCCCCCCC)cc1. The van der Waals surface area contributed by atoms with Crippen molar-refractivity contribution in [2.75, 3.05) is 25.0 Å². The van der Waals surface area contributed by atoms with Crippen molar-refractivity contribution < 1.29 is 9.53 Å². The average Bonchev–Trinajstić information content (AvgIpc) is 2.53. The molecule has 0 aliphatic carbocycles. The first-order chi connectivity index (χ1) is 11.1. The van der Waals surface area contributed by atoms with Gasteiger partial charge in [-0.25, -0.2) is 0 Å². The number of benzene rings is 1.